The largest absolute Gasteiger partial charge is 0.358 e. The molecule has 33 heavy (non-hydrogen) atoms. The second-order valence-corrected chi connectivity index (χ2v) is 19.7. The van der Waals surface area contributed by atoms with Crippen LogP contribution in [0.1, 0.15) is 114 Å². The van der Waals surface area contributed by atoms with Crippen molar-refractivity contribution in [2.75, 3.05) is 0 Å². The molecule has 5 rings (SSSR count). The van der Waals surface area contributed by atoms with Crippen LogP contribution in [0.2, 0.25) is 0 Å². The number of rotatable bonds is 3. The molecule has 0 aromatic heterocycles. The first-order chi connectivity index (χ1) is 15.6. The summed E-state index contributed by atoms with van der Waals surface area (Å²) in [5.74, 6) is 0. The van der Waals surface area contributed by atoms with Gasteiger partial charge in [0.1, 0.15) is 0 Å². The van der Waals surface area contributed by atoms with Crippen molar-refractivity contribution in [3.05, 3.63) is 48.9 Å². The van der Waals surface area contributed by atoms with Crippen LogP contribution in [0.3, 0.4) is 0 Å². The minimum Gasteiger partial charge on any atom is -0.358 e. The van der Waals surface area contributed by atoms with E-state index in [1.165, 1.54) is 33.7 Å². The zero-order chi connectivity index (χ0) is 22.3. The Kier molecular flexibility index (Phi) is 12.1. The summed E-state index contributed by atoms with van der Waals surface area (Å²) in [6, 6.07) is 8.26. The van der Waals surface area contributed by atoms with Crippen molar-refractivity contribution in [1.29, 1.82) is 0 Å². The van der Waals surface area contributed by atoms with Crippen molar-refractivity contribution in [2.24, 2.45) is 0 Å². The summed E-state index contributed by atoms with van der Waals surface area (Å²) in [4.78, 5) is 0. The van der Waals surface area contributed by atoms with E-state index < -0.39 is 13.5 Å². The van der Waals surface area contributed by atoms with Gasteiger partial charge in [0.2, 0.25) is 0 Å². The maximum absolute atomic E-state index is 6.00. The number of hydrogen-bond acceptors (Lipinski definition) is 0. The molecule has 0 unspecified atom stereocenters. The first-order valence-corrected chi connectivity index (χ1v) is 20.2. The van der Waals surface area contributed by atoms with Crippen LogP contribution in [0.15, 0.2) is 30.3 Å². The Morgan fingerprint density at radius 2 is 1.06 bits per heavy atom. The number of halogens is 2. The summed E-state index contributed by atoms with van der Waals surface area (Å²) >= 11 is -1.75. The first kappa shape index (κ1) is 28.0. The number of fused-ring (bicyclic) bond motifs is 1. The fourth-order valence-corrected chi connectivity index (χ4v) is 14.6. The quantitative estimate of drug-likeness (QED) is 0.185. The van der Waals surface area contributed by atoms with Crippen molar-refractivity contribution in [2.45, 2.75) is 120 Å². The molecule has 0 amide bonds. The van der Waals surface area contributed by atoms with Crippen LogP contribution in [0.25, 0.3) is 5.57 Å². The van der Waals surface area contributed by atoms with Crippen molar-refractivity contribution in [3.63, 3.8) is 0 Å². The van der Waals surface area contributed by atoms with Crippen molar-refractivity contribution in [3.8, 4) is 0 Å². The fourth-order valence-electron chi connectivity index (χ4n) is 6.79. The first-order valence-electron chi connectivity index (χ1n) is 13.2. The van der Waals surface area contributed by atoms with E-state index in [1.807, 2.05) is 12.1 Å². The molecule has 0 atom stereocenters. The predicted octanol–water partition coefficient (Wildman–Crippen LogP) is 10.2. The van der Waals surface area contributed by atoms with E-state index in [9.17, 15) is 0 Å². The molecule has 0 nitrogen and oxygen atoms in total. The van der Waals surface area contributed by atoms with Gasteiger partial charge in [-0.05, 0) is 77.0 Å². The molecule has 3 saturated carbocycles. The van der Waals surface area contributed by atoms with E-state index >= 15 is 0 Å². The van der Waals surface area contributed by atoms with E-state index in [-0.39, 0.29) is 15.3 Å². The van der Waals surface area contributed by atoms with E-state index in [4.69, 9.17) is 19.4 Å². The van der Waals surface area contributed by atoms with E-state index in [0.29, 0.717) is 0 Å². The summed E-state index contributed by atoms with van der Waals surface area (Å²) in [7, 11) is 12.0. The van der Waals surface area contributed by atoms with Gasteiger partial charge in [-0.15, -0.1) is 0 Å². The fraction of sp³-hybridized carbons (Fsp3) is 0.655. The monoisotopic (exact) mass is 596 g/mol. The molecule has 1 aromatic carbocycles. The molecular formula is C29H45Cl2PRu. The van der Waals surface area contributed by atoms with Crippen molar-refractivity contribution < 1.29 is 13.5 Å². The van der Waals surface area contributed by atoms with Crippen LogP contribution in [0, 0.1) is 7.43 Å². The Labute approximate surface area is 218 Å². The Morgan fingerprint density at radius 3 is 1.45 bits per heavy atom. The Morgan fingerprint density at radius 1 is 0.667 bits per heavy atom. The van der Waals surface area contributed by atoms with Crippen LogP contribution in [0.5, 0.6) is 0 Å². The molecule has 4 aliphatic carbocycles. The summed E-state index contributed by atoms with van der Waals surface area (Å²) in [6.07, 6.45) is 25.9. The number of hydrogen-bond donors (Lipinski definition) is 0. The van der Waals surface area contributed by atoms with Crippen LogP contribution in [-0.4, -0.2) is 21.1 Å². The zero-order valence-electron chi connectivity index (χ0n) is 20.8. The SMILES string of the molecule is C1CCC([PH+](C2CCCCC2)C2CCCCC2)CC1.CC1=C[C](=[Ru]([Cl])[Cl])c2ccccc21.[CH3-]. The third kappa shape index (κ3) is 7.48. The summed E-state index contributed by atoms with van der Waals surface area (Å²) in [5.41, 5.74) is 7.45. The molecule has 4 aliphatic rings. The van der Waals surface area contributed by atoms with Crippen LogP contribution in [-0.2, 0) is 13.5 Å². The Bertz CT molecular complexity index is 753. The number of benzene rings is 1. The topological polar surface area (TPSA) is 0 Å². The second kappa shape index (κ2) is 14.3. The van der Waals surface area contributed by atoms with Gasteiger partial charge in [-0.1, -0.05) is 19.3 Å². The molecule has 3 fully saturated rings. The van der Waals surface area contributed by atoms with E-state index in [1.54, 1.807) is 96.3 Å². The molecule has 188 valence electrons. The average molecular weight is 597 g/mol. The van der Waals surface area contributed by atoms with Crippen molar-refractivity contribution >= 4 is 37.0 Å². The van der Waals surface area contributed by atoms with E-state index in [2.05, 4.69) is 25.1 Å². The molecule has 0 radical (unpaired) electrons. The molecule has 0 saturated heterocycles. The maximum Gasteiger partial charge on any atom is -0.358 e. The van der Waals surface area contributed by atoms with Gasteiger partial charge in [0.15, 0.2) is 0 Å². The van der Waals surface area contributed by atoms with Gasteiger partial charge in [-0.25, -0.2) is 0 Å². The standard InChI is InChI=1S/C18H33P.C10H8.CH3.2ClH.Ru/c1-4-10-16(11-5-1)19(17-12-6-2-7-13-17)18-14-8-3-9-15-18;1-8-6-7-9-4-2-3-5-10(8)9;;;;/h16-18H,1-15H2;2-6H,1H3;1H3;2*1H;/q;;-1;;;+2/p-1. The smallest absolute Gasteiger partial charge is 0.358 e. The molecule has 0 heterocycles. The molecule has 4 heteroatoms. The normalized spacial score (nSPS) is 22.7. The van der Waals surface area contributed by atoms with Gasteiger partial charge in [-0.2, -0.15) is 0 Å². The van der Waals surface area contributed by atoms with Crippen molar-refractivity contribution in [1.82, 2.24) is 0 Å². The van der Waals surface area contributed by atoms with Crippen LogP contribution in [0.4, 0.5) is 0 Å². The van der Waals surface area contributed by atoms with Crippen LogP contribution < -0.4 is 0 Å². The third-order valence-corrected chi connectivity index (χ3v) is 16.0. The maximum atomic E-state index is 6.00. The van der Waals surface area contributed by atoms with Gasteiger partial charge in [0.25, 0.3) is 0 Å². The van der Waals surface area contributed by atoms with Crippen LogP contribution >= 0.6 is 27.3 Å². The predicted molar refractivity (Wildman–Crippen MR) is 151 cm³/mol. The van der Waals surface area contributed by atoms with Gasteiger partial charge >= 0.3 is 91.0 Å². The van der Waals surface area contributed by atoms with E-state index in [0.717, 1.165) is 4.11 Å². The third-order valence-electron chi connectivity index (χ3n) is 8.32. The molecule has 0 aliphatic heterocycles. The molecule has 0 N–H and O–H groups in total. The summed E-state index contributed by atoms with van der Waals surface area (Å²) < 4.78 is 1.15. The second-order valence-electron chi connectivity index (χ2n) is 10.4. The Balaban J connectivity index is 0.000000192. The minimum absolute atomic E-state index is 0. The van der Waals surface area contributed by atoms with Gasteiger partial charge in [-0.3, -0.25) is 0 Å². The number of allylic oxidation sites excluding steroid dienone is 2. The van der Waals surface area contributed by atoms with Gasteiger partial charge in [0, 0.05) is 7.92 Å². The molecule has 0 spiro atoms. The Hall–Kier alpha value is 0.463. The molecule has 0 bridgehead atoms. The van der Waals surface area contributed by atoms with Gasteiger partial charge < -0.3 is 7.43 Å². The zero-order valence-corrected chi connectivity index (χ0v) is 25.1. The average Bonchev–Trinajstić information content (AvgIpc) is 3.19. The summed E-state index contributed by atoms with van der Waals surface area (Å²) in [6.45, 7) is 2.09. The summed E-state index contributed by atoms with van der Waals surface area (Å²) in [5, 5.41) is 0. The van der Waals surface area contributed by atoms with Gasteiger partial charge in [0.05, 0.1) is 17.0 Å². The molecule has 1 aromatic rings. The minimum atomic E-state index is -1.75. The molecular weight excluding hydrogens is 551 g/mol.